The van der Waals surface area contributed by atoms with Crippen LogP contribution in [0, 0.1) is 5.92 Å². The Balaban J connectivity index is 1.40. The van der Waals surface area contributed by atoms with Crippen molar-refractivity contribution in [2.45, 2.75) is 37.8 Å². The Morgan fingerprint density at radius 3 is 2.64 bits per heavy atom. The highest BCUT2D eigenvalue weighted by atomic mass is 16.2. The SMILES string of the molecule is CN(C(=O)[C@@H]1C(Cc2ccnc(N)c2)C(=O)N1C(=O)NC1CCCc2ccccc21)c1ccccc1. The first kappa shape index (κ1) is 23.5. The fourth-order valence-electron chi connectivity index (χ4n) is 5.23. The van der Waals surface area contributed by atoms with Crippen molar-refractivity contribution in [3.63, 3.8) is 0 Å². The lowest BCUT2D eigenvalue weighted by molar-refractivity contribution is -0.156. The summed E-state index contributed by atoms with van der Waals surface area (Å²) < 4.78 is 0. The number of carbonyl (C=O) groups excluding carboxylic acids is 3. The maximum atomic E-state index is 13.7. The molecule has 1 aliphatic carbocycles. The zero-order valence-electron chi connectivity index (χ0n) is 20.1. The fourth-order valence-corrected chi connectivity index (χ4v) is 5.23. The van der Waals surface area contributed by atoms with Crippen molar-refractivity contribution in [2.75, 3.05) is 17.7 Å². The lowest BCUT2D eigenvalue weighted by Crippen LogP contribution is -2.70. The number of imide groups is 1. The van der Waals surface area contributed by atoms with E-state index in [9.17, 15) is 14.4 Å². The number of anilines is 2. The number of likely N-dealkylation sites (N-methyl/N-ethyl adjacent to an activating group) is 1. The Kier molecular flexibility index (Phi) is 6.41. The highest BCUT2D eigenvalue weighted by Crippen LogP contribution is 2.35. The number of benzene rings is 2. The third-order valence-electron chi connectivity index (χ3n) is 7.13. The number of likely N-dealkylation sites (tertiary alicyclic amines) is 1. The lowest BCUT2D eigenvalue weighted by atomic mass is 9.81. The minimum atomic E-state index is -0.920. The van der Waals surface area contributed by atoms with Crippen LogP contribution in [0.5, 0.6) is 0 Å². The number of amides is 4. The van der Waals surface area contributed by atoms with Gasteiger partial charge in [0.25, 0.3) is 5.91 Å². The number of urea groups is 1. The molecule has 4 amide bonds. The molecule has 36 heavy (non-hydrogen) atoms. The van der Waals surface area contributed by atoms with Crippen LogP contribution >= 0.6 is 0 Å². The van der Waals surface area contributed by atoms with Crippen molar-refractivity contribution >= 4 is 29.4 Å². The third kappa shape index (κ3) is 4.42. The summed E-state index contributed by atoms with van der Waals surface area (Å²) in [6.07, 6.45) is 4.56. The second-order valence-electron chi connectivity index (χ2n) is 9.38. The number of hydrogen-bond donors (Lipinski definition) is 2. The average Bonchev–Trinajstić information content (AvgIpc) is 2.90. The Morgan fingerprint density at radius 2 is 1.86 bits per heavy atom. The average molecular weight is 484 g/mol. The van der Waals surface area contributed by atoms with E-state index in [4.69, 9.17) is 5.73 Å². The molecule has 3 aromatic rings. The first-order chi connectivity index (χ1) is 17.4. The van der Waals surface area contributed by atoms with Gasteiger partial charge in [-0.2, -0.15) is 0 Å². The zero-order valence-corrected chi connectivity index (χ0v) is 20.1. The summed E-state index contributed by atoms with van der Waals surface area (Å²) in [6.45, 7) is 0. The molecule has 1 saturated heterocycles. The number of nitrogens with two attached hydrogens (primary N) is 1. The van der Waals surface area contributed by atoms with E-state index in [2.05, 4.69) is 16.4 Å². The maximum Gasteiger partial charge on any atom is 0.325 e. The molecular weight excluding hydrogens is 454 g/mol. The van der Waals surface area contributed by atoms with Crippen molar-refractivity contribution in [3.05, 3.63) is 89.6 Å². The van der Waals surface area contributed by atoms with Crippen molar-refractivity contribution in [1.29, 1.82) is 0 Å². The summed E-state index contributed by atoms with van der Waals surface area (Å²) >= 11 is 0. The van der Waals surface area contributed by atoms with E-state index in [-0.39, 0.29) is 17.9 Å². The molecule has 0 bridgehead atoms. The molecule has 0 saturated carbocycles. The van der Waals surface area contributed by atoms with E-state index >= 15 is 0 Å². The first-order valence-electron chi connectivity index (χ1n) is 12.2. The summed E-state index contributed by atoms with van der Waals surface area (Å²) in [5, 5.41) is 3.03. The molecule has 1 aliphatic heterocycles. The topological polar surface area (TPSA) is 109 Å². The van der Waals surface area contributed by atoms with Gasteiger partial charge in [-0.15, -0.1) is 0 Å². The largest absolute Gasteiger partial charge is 0.384 e. The summed E-state index contributed by atoms with van der Waals surface area (Å²) in [5.74, 6) is -1.01. The molecule has 0 radical (unpaired) electrons. The maximum absolute atomic E-state index is 13.7. The van der Waals surface area contributed by atoms with Gasteiger partial charge in [-0.1, -0.05) is 42.5 Å². The van der Waals surface area contributed by atoms with Crippen LogP contribution in [0.15, 0.2) is 72.9 Å². The predicted octanol–water partition coefficient (Wildman–Crippen LogP) is 3.48. The smallest absolute Gasteiger partial charge is 0.325 e. The summed E-state index contributed by atoms with van der Waals surface area (Å²) in [6, 6.07) is 19.0. The predicted molar refractivity (Wildman–Crippen MR) is 137 cm³/mol. The highest BCUT2D eigenvalue weighted by Gasteiger charge is 2.55. The van der Waals surface area contributed by atoms with E-state index in [1.54, 1.807) is 25.4 Å². The standard InChI is InChI=1S/C28H29N5O3/c1-32(20-10-3-2-4-11-20)27(35)25-22(16-18-14-15-30-24(29)17-18)26(34)33(25)28(36)31-23-13-7-9-19-8-5-6-12-21(19)23/h2-6,8,10-12,14-15,17,22-23,25H,7,9,13,16H2,1H3,(H2,29,30)(H,31,36)/t22?,23?,25-/m0/s1. The van der Waals surface area contributed by atoms with Crippen LogP contribution in [-0.2, 0) is 22.4 Å². The van der Waals surface area contributed by atoms with E-state index in [0.717, 1.165) is 35.3 Å². The summed E-state index contributed by atoms with van der Waals surface area (Å²) in [4.78, 5) is 47.0. The van der Waals surface area contributed by atoms with Crippen molar-refractivity contribution in [3.8, 4) is 0 Å². The van der Waals surface area contributed by atoms with Crippen LogP contribution in [-0.4, -0.2) is 40.8 Å². The van der Waals surface area contributed by atoms with Gasteiger partial charge >= 0.3 is 6.03 Å². The number of fused-ring (bicyclic) bond motifs is 1. The Hall–Kier alpha value is -4.20. The molecule has 1 fully saturated rings. The molecule has 2 aromatic carbocycles. The number of nitrogens with zero attached hydrogens (tertiary/aromatic N) is 3. The molecule has 3 atom stereocenters. The van der Waals surface area contributed by atoms with Gasteiger partial charge in [-0.05, 0) is 66.6 Å². The number of para-hydroxylation sites is 1. The minimum absolute atomic E-state index is 0.197. The minimum Gasteiger partial charge on any atom is -0.384 e. The Labute approximate surface area is 210 Å². The number of β-lactam (4-membered cyclic amide) rings is 1. The molecule has 8 heteroatoms. The summed E-state index contributed by atoms with van der Waals surface area (Å²) in [7, 11) is 1.66. The van der Waals surface area contributed by atoms with Crippen LogP contribution in [0.2, 0.25) is 0 Å². The van der Waals surface area contributed by atoms with E-state index in [1.807, 2.05) is 48.5 Å². The molecule has 2 unspecified atom stereocenters. The molecule has 2 aliphatic rings. The molecule has 5 rings (SSSR count). The molecule has 2 heterocycles. The Bertz CT molecular complexity index is 1300. The second-order valence-corrected chi connectivity index (χ2v) is 9.38. The van der Waals surface area contributed by atoms with E-state index in [1.165, 1.54) is 10.5 Å². The van der Waals surface area contributed by atoms with Gasteiger partial charge in [0, 0.05) is 18.9 Å². The quantitative estimate of drug-likeness (QED) is 0.540. The molecule has 0 spiro atoms. The molecule has 1 aromatic heterocycles. The third-order valence-corrected chi connectivity index (χ3v) is 7.13. The van der Waals surface area contributed by atoms with Gasteiger partial charge in [0.2, 0.25) is 5.91 Å². The number of nitrogen functional groups attached to an aromatic ring is 1. The van der Waals surface area contributed by atoms with Gasteiger partial charge in [-0.25, -0.2) is 9.78 Å². The number of pyridine rings is 1. The van der Waals surface area contributed by atoms with Crippen LogP contribution in [0.1, 0.15) is 35.6 Å². The van der Waals surface area contributed by atoms with Gasteiger partial charge < -0.3 is 16.0 Å². The number of carbonyl (C=O) groups is 3. The molecule has 3 N–H and O–H groups in total. The van der Waals surface area contributed by atoms with Gasteiger partial charge in [0.15, 0.2) is 0 Å². The van der Waals surface area contributed by atoms with E-state index in [0.29, 0.717) is 17.9 Å². The van der Waals surface area contributed by atoms with Crippen molar-refractivity contribution in [2.24, 2.45) is 5.92 Å². The highest BCUT2D eigenvalue weighted by molar-refractivity contribution is 6.12. The van der Waals surface area contributed by atoms with Gasteiger partial charge in [0.1, 0.15) is 11.9 Å². The van der Waals surface area contributed by atoms with Crippen molar-refractivity contribution in [1.82, 2.24) is 15.2 Å². The first-order valence-corrected chi connectivity index (χ1v) is 12.2. The van der Waals surface area contributed by atoms with Crippen molar-refractivity contribution < 1.29 is 14.4 Å². The number of aryl methyl sites for hydroxylation is 1. The second kappa shape index (κ2) is 9.81. The van der Waals surface area contributed by atoms with Crippen LogP contribution in [0.4, 0.5) is 16.3 Å². The zero-order chi connectivity index (χ0) is 25.2. The monoisotopic (exact) mass is 483 g/mol. The molecular formula is C28H29N5O3. The number of nitrogens with one attached hydrogen (secondary N) is 1. The summed E-state index contributed by atoms with van der Waals surface area (Å²) in [5.41, 5.74) is 9.57. The number of hydrogen-bond acceptors (Lipinski definition) is 5. The number of rotatable bonds is 5. The fraction of sp³-hybridized carbons (Fsp3) is 0.286. The van der Waals surface area contributed by atoms with Crippen LogP contribution < -0.4 is 16.0 Å². The van der Waals surface area contributed by atoms with Crippen LogP contribution in [0.3, 0.4) is 0 Å². The number of aromatic nitrogens is 1. The van der Waals surface area contributed by atoms with Crippen LogP contribution in [0.25, 0.3) is 0 Å². The van der Waals surface area contributed by atoms with Gasteiger partial charge in [-0.3, -0.25) is 14.5 Å². The molecule has 184 valence electrons. The van der Waals surface area contributed by atoms with Gasteiger partial charge in [0.05, 0.1) is 12.0 Å². The normalized spacial score (nSPS) is 20.8. The van der Waals surface area contributed by atoms with E-state index < -0.39 is 18.0 Å². The lowest BCUT2D eigenvalue weighted by Gasteiger charge is -2.46. The molecule has 8 nitrogen and oxygen atoms in total. The Morgan fingerprint density at radius 1 is 1.11 bits per heavy atom.